The number of amides is 1. The largest absolute Gasteiger partial charge is 0.457 e. The van der Waals surface area contributed by atoms with E-state index < -0.39 is 0 Å². The van der Waals surface area contributed by atoms with Crippen molar-refractivity contribution < 1.29 is 14.6 Å². The predicted molar refractivity (Wildman–Crippen MR) is 130 cm³/mol. The van der Waals surface area contributed by atoms with Gasteiger partial charge in [-0.15, -0.1) is 0 Å². The normalized spacial score (nSPS) is 23.0. The van der Waals surface area contributed by atoms with Gasteiger partial charge >= 0.3 is 0 Å². The van der Waals surface area contributed by atoms with Crippen LogP contribution >= 0.6 is 11.3 Å². The zero-order chi connectivity index (χ0) is 22.8. The van der Waals surface area contributed by atoms with E-state index in [1.807, 2.05) is 30.3 Å². The van der Waals surface area contributed by atoms with Crippen LogP contribution in [0.4, 0.5) is 10.9 Å². The number of thiazole rings is 1. The number of fused-ring (bicyclic) bond motifs is 1. The molecule has 174 valence electrons. The zero-order valence-corrected chi connectivity index (χ0v) is 19.5. The summed E-state index contributed by atoms with van der Waals surface area (Å²) >= 11 is 1.58. The molecular weight excluding hydrogens is 438 g/mol. The van der Waals surface area contributed by atoms with Crippen molar-refractivity contribution in [3.8, 4) is 11.5 Å². The molecule has 1 saturated carbocycles. The summed E-state index contributed by atoms with van der Waals surface area (Å²) in [6.07, 6.45) is 6.39. The second-order valence-electron chi connectivity index (χ2n) is 8.84. The number of carbonyl (C=O) groups excluding carboxylic acids is 1. The average molecular weight is 468 g/mol. The highest BCUT2D eigenvalue weighted by Gasteiger charge is 2.25. The lowest BCUT2D eigenvalue weighted by atomic mass is 9.93. The van der Waals surface area contributed by atoms with Gasteiger partial charge in [-0.05, 0) is 37.5 Å². The third kappa shape index (κ3) is 5.20. The molecule has 1 aliphatic heterocycles. The lowest BCUT2D eigenvalue weighted by Crippen LogP contribution is -2.36. The fourth-order valence-electron chi connectivity index (χ4n) is 4.61. The molecule has 2 fully saturated rings. The van der Waals surface area contributed by atoms with Crippen molar-refractivity contribution in [2.24, 2.45) is 0 Å². The summed E-state index contributed by atoms with van der Waals surface area (Å²) in [5.41, 5.74) is 0.914. The van der Waals surface area contributed by atoms with Crippen LogP contribution in [0.5, 0.6) is 11.5 Å². The highest BCUT2D eigenvalue weighted by Crippen LogP contribution is 2.33. The van der Waals surface area contributed by atoms with Crippen LogP contribution in [0.2, 0.25) is 0 Å². The van der Waals surface area contributed by atoms with Crippen LogP contribution in [0, 0.1) is 0 Å². The van der Waals surface area contributed by atoms with Gasteiger partial charge < -0.3 is 25.4 Å². The number of aliphatic hydroxyl groups is 1. The number of aromatic nitrogens is 2. The molecule has 0 bridgehead atoms. The summed E-state index contributed by atoms with van der Waals surface area (Å²) in [6.45, 7) is 3.14. The van der Waals surface area contributed by atoms with Crippen molar-refractivity contribution in [1.82, 2.24) is 15.3 Å². The molecule has 2 aromatic heterocycles. The number of nitrogens with one attached hydrogen (secondary N) is 2. The molecule has 8 nitrogen and oxygen atoms in total. The third-order valence-electron chi connectivity index (χ3n) is 6.27. The molecule has 1 amide bonds. The molecule has 33 heavy (non-hydrogen) atoms. The molecule has 0 spiro atoms. The van der Waals surface area contributed by atoms with Crippen molar-refractivity contribution in [1.29, 1.82) is 0 Å². The zero-order valence-electron chi connectivity index (χ0n) is 18.7. The van der Waals surface area contributed by atoms with E-state index in [1.54, 1.807) is 24.5 Å². The summed E-state index contributed by atoms with van der Waals surface area (Å²) in [5, 5.41) is 17.5. The molecule has 3 heterocycles. The Hall–Kier alpha value is -2.91. The van der Waals surface area contributed by atoms with E-state index in [0.717, 1.165) is 77.9 Å². The van der Waals surface area contributed by atoms with E-state index in [0.29, 0.717) is 0 Å². The van der Waals surface area contributed by atoms with E-state index in [4.69, 9.17) is 4.74 Å². The van der Waals surface area contributed by atoms with E-state index in [-0.39, 0.29) is 24.1 Å². The Morgan fingerprint density at radius 3 is 2.88 bits per heavy atom. The fraction of sp³-hybridized carbons (Fsp3) is 0.458. The number of carbonyl (C=O) groups is 1. The van der Waals surface area contributed by atoms with Gasteiger partial charge in [-0.3, -0.25) is 4.79 Å². The molecule has 9 heteroatoms. The van der Waals surface area contributed by atoms with Crippen molar-refractivity contribution in [3.63, 3.8) is 0 Å². The van der Waals surface area contributed by atoms with Gasteiger partial charge in [0.25, 0.3) is 0 Å². The van der Waals surface area contributed by atoms with Gasteiger partial charge in [0.15, 0.2) is 5.13 Å². The number of anilines is 2. The first kappa shape index (κ1) is 21.9. The summed E-state index contributed by atoms with van der Waals surface area (Å²) < 4.78 is 7.17. The lowest BCUT2D eigenvalue weighted by molar-refractivity contribution is -0.119. The van der Waals surface area contributed by atoms with Crippen LogP contribution in [0.3, 0.4) is 0 Å². The summed E-state index contributed by atoms with van der Waals surface area (Å²) in [6, 6.07) is 9.89. The van der Waals surface area contributed by atoms with Gasteiger partial charge in [-0.25, -0.2) is 9.97 Å². The highest BCUT2D eigenvalue weighted by atomic mass is 32.1. The number of pyridine rings is 1. The van der Waals surface area contributed by atoms with Crippen molar-refractivity contribution >= 4 is 38.4 Å². The molecule has 1 aliphatic carbocycles. The van der Waals surface area contributed by atoms with Crippen LogP contribution in [0.15, 0.2) is 36.5 Å². The Labute approximate surface area is 197 Å². The molecule has 2 aliphatic rings. The van der Waals surface area contributed by atoms with Crippen molar-refractivity contribution in [2.45, 2.75) is 57.2 Å². The maximum absolute atomic E-state index is 11.3. The summed E-state index contributed by atoms with van der Waals surface area (Å²) in [4.78, 5) is 22.7. The minimum Gasteiger partial charge on any atom is -0.457 e. The Balaban J connectivity index is 1.26. The molecule has 3 aromatic rings. The van der Waals surface area contributed by atoms with Gasteiger partial charge in [-0.1, -0.05) is 24.2 Å². The molecular formula is C24H29N5O3S. The second-order valence-corrected chi connectivity index (χ2v) is 9.87. The maximum Gasteiger partial charge on any atom is 0.217 e. The van der Waals surface area contributed by atoms with Crippen LogP contribution in [-0.4, -0.2) is 52.3 Å². The first-order valence-corrected chi connectivity index (χ1v) is 12.4. The van der Waals surface area contributed by atoms with Gasteiger partial charge in [0.2, 0.25) is 5.91 Å². The predicted octanol–water partition coefficient (Wildman–Crippen LogP) is 3.91. The quantitative estimate of drug-likeness (QED) is 0.505. The van der Waals surface area contributed by atoms with Gasteiger partial charge in [-0.2, -0.15) is 0 Å². The van der Waals surface area contributed by atoms with Crippen LogP contribution < -0.4 is 20.3 Å². The van der Waals surface area contributed by atoms with Gasteiger partial charge in [0, 0.05) is 44.4 Å². The molecule has 1 aromatic carbocycles. The van der Waals surface area contributed by atoms with Crippen LogP contribution in [0.1, 0.15) is 39.0 Å². The molecule has 1 saturated heterocycles. The van der Waals surface area contributed by atoms with Crippen LogP contribution in [0.25, 0.3) is 10.2 Å². The summed E-state index contributed by atoms with van der Waals surface area (Å²) in [5.74, 6) is 2.30. The lowest BCUT2D eigenvalue weighted by Gasteiger charge is -2.27. The number of rotatable bonds is 6. The fourth-order valence-corrected chi connectivity index (χ4v) is 5.57. The van der Waals surface area contributed by atoms with Gasteiger partial charge in [0.1, 0.15) is 17.3 Å². The van der Waals surface area contributed by atoms with Crippen molar-refractivity contribution in [3.05, 3.63) is 36.5 Å². The van der Waals surface area contributed by atoms with E-state index in [2.05, 4.69) is 25.5 Å². The molecule has 0 radical (unpaired) electrons. The monoisotopic (exact) mass is 467 g/mol. The Bertz CT molecular complexity index is 1140. The molecule has 0 unspecified atom stereocenters. The summed E-state index contributed by atoms with van der Waals surface area (Å²) in [7, 11) is 0. The third-order valence-corrected chi connectivity index (χ3v) is 7.22. The van der Waals surface area contributed by atoms with Crippen LogP contribution in [-0.2, 0) is 4.79 Å². The SMILES string of the molecule is CC(=O)N[C@H]1CCN(c2cc(Oc3ccc4nc(N[C@@H]5CCCC[C@H]5O)sc4c3)ccn2)C1. The minimum absolute atomic E-state index is 0.00127. The number of benzene rings is 1. The number of nitrogens with zero attached hydrogens (tertiary/aromatic N) is 3. The smallest absolute Gasteiger partial charge is 0.217 e. The maximum atomic E-state index is 11.3. The van der Waals surface area contributed by atoms with E-state index in [1.165, 1.54) is 0 Å². The molecule has 3 atom stereocenters. The first-order valence-electron chi connectivity index (χ1n) is 11.5. The Morgan fingerprint density at radius 2 is 2.03 bits per heavy atom. The topological polar surface area (TPSA) is 99.6 Å². The molecule has 5 rings (SSSR count). The van der Waals surface area contributed by atoms with Crippen molar-refractivity contribution in [2.75, 3.05) is 23.3 Å². The van der Waals surface area contributed by atoms with Gasteiger partial charge in [0.05, 0.1) is 22.4 Å². The molecule has 3 N–H and O–H groups in total. The minimum atomic E-state index is -0.310. The number of hydrogen-bond acceptors (Lipinski definition) is 8. The second kappa shape index (κ2) is 9.52. The Morgan fingerprint density at radius 1 is 1.18 bits per heavy atom. The van der Waals surface area contributed by atoms with E-state index in [9.17, 15) is 9.90 Å². The number of ether oxygens (including phenoxy) is 1. The first-order chi connectivity index (χ1) is 16.0. The standard InChI is InChI=1S/C24H29N5O3S/c1-15(30)26-16-9-11-29(14-16)23-13-18(8-10-25-23)32-17-6-7-20-22(12-17)33-24(28-20)27-19-4-2-3-5-21(19)31/h6-8,10,12-13,16,19,21,31H,2-5,9,11,14H2,1H3,(H,26,30)(H,27,28)/t16-,19+,21+/m0/s1. The number of hydrogen-bond donors (Lipinski definition) is 3. The Kier molecular flexibility index (Phi) is 6.32. The number of aliphatic hydroxyl groups excluding tert-OH is 1. The van der Waals surface area contributed by atoms with E-state index >= 15 is 0 Å². The average Bonchev–Trinajstić information content (AvgIpc) is 3.41. The highest BCUT2D eigenvalue weighted by molar-refractivity contribution is 7.22.